The Morgan fingerprint density at radius 3 is 2.29 bits per heavy atom. The first-order valence-electron chi connectivity index (χ1n) is 5.13. The van der Waals surface area contributed by atoms with Crippen LogP contribution in [0, 0.1) is 0 Å². The maximum absolute atomic E-state index is 4.44. The predicted octanol–water partition coefficient (Wildman–Crippen LogP) is 2.81. The predicted molar refractivity (Wildman–Crippen MR) is 63.7 cm³/mol. The Morgan fingerprint density at radius 2 is 1.93 bits per heavy atom. The van der Waals surface area contributed by atoms with E-state index in [4.69, 9.17) is 0 Å². The maximum Gasteiger partial charge on any atom is 0.164 e. The van der Waals surface area contributed by atoms with Crippen molar-refractivity contribution in [2.24, 2.45) is 7.05 Å². The first kappa shape index (κ1) is 11.6. The van der Waals surface area contributed by atoms with Crippen LogP contribution in [0.15, 0.2) is 10.7 Å². The number of hydrogen-bond acceptors (Lipinski definition) is 2. The van der Waals surface area contributed by atoms with Gasteiger partial charge in [-0.1, -0.05) is 13.8 Å². The molecular weight excluding hydrogens is 242 g/mol. The Kier molecular flexibility index (Phi) is 4.45. The van der Waals surface area contributed by atoms with Gasteiger partial charge in [-0.2, -0.15) is 5.10 Å². The molecule has 0 unspecified atom stereocenters. The molecule has 0 atom stereocenters. The van der Waals surface area contributed by atoms with Crippen LogP contribution in [-0.4, -0.2) is 22.9 Å². The van der Waals surface area contributed by atoms with E-state index in [0.29, 0.717) is 0 Å². The van der Waals surface area contributed by atoms with E-state index in [2.05, 4.69) is 39.8 Å². The van der Waals surface area contributed by atoms with Crippen molar-refractivity contribution >= 4 is 21.7 Å². The van der Waals surface area contributed by atoms with Gasteiger partial charge < -0.3 is 4.90 Å². The molecule has 1 aromatic heterocycles. The summed E-state index contributed by atoms with van der Waals surface area (Å²) >= 11 is 3.53. The van der Waals surface area contributed by atoms with Gasteiger partial charge in [-0.3, -0.25) is 4.68 Å². The van der Waals surface area contributed by atoms with Gasteiger partial charge in [-0.05, 0) is 28.8 Å². The second kappa shape index (κ2) is 5.39. The fraction of sp³-hybridized carbons (Fsp3) is 0.700. The fourth-order valence-electron chi connectivity index (χ4n) is 1.53. The van der Waals surface area contributed by atoms with E-state index in [1.54, 1.807) is 0 Å². The minimum Gasteiger partial charge on any atom is -0.354 e. The molecule has 0 amide bonds. The lowest BCUT2D eigenvalue weighted by Gasteiger charge is -2.21. The molecular formula is C10H18BrN3. The molecule has 0 aromatic carbocycles. The van der Waals surface area contributed by atoms with Gasteiger partial charge in [0.05, 0.1) is 4.47 Å². The minimum absolute atomic E-state index is 1.07. The summed E-state index contributed by atoms with van der Waals surface area (Å²) in [6.45, 7) is 6.53. The van der Waals surface area contributed by atoms with Crippen LogP contribution in [0.2, 0.25) is 0 Å². The molecule has 3 nitrogen and oxygen atoms in total. The van der Waals surface area contributed by atoms with E-state index in [1.807, 2.05) is 17.9 Å². The highest BCUT2D eigenvalue weighted by Gasteiger charge is 2.11. The van der Waals surface area contributed by atoms with Gasteiger partial charge in [-0.15, -0.1) is 0 Å². The smallest absolute Gasteiger partial charge is 0.164 e. The van der Waals surface area contributed by atoms with Crippen LogP contribution < -0.4 is 4.90 Å². The van der Waals surface area contributed by atoms with Crippen molar-refractivity contribution in [3.05, 3.63) is 10.7 Å². The van der Waals surface area contributed by atoms with Crippen LogP contribution in [0.3, 0.4) is 0 Å². The van der Waals surface area contributed by atoms with Crippen LogP contribution >= 0.6 is 15.9 Å². The lowest BCUT2D eigenvalue weighted by Crippen LogP contribution is -2.25. The van der Waals surface area contributed by atoms with Gasteiger partial charge >= 0.3 is 0 Å². The van der Waals surface area contributed by atoms with E-state index >= 15 is 0 Å². The minimum atomic E-state index is 1.07. The zero-order chi connectivity index (χ0) is 10.6. The van der Waals surface area contributed by atoms with Crippen LogP contribution in [0.5, 0.6) is 0 Å². The standard InChI is InChI=1S/C10H18BrN3/c1-4-6-14(7-5-2)10-9(11)8-13(3)12-10/h8H,4-7H2,1-3H3. The molecule has 0 saturated heterocycles. The van der Waals surface area contributed by atoms with Gasteiger partial charge in [0.15, 0.2) is 5.82 Å². The topological polar surface area (TPSA) is 21.1 Å². The van der Waals surface area contributed by atoms with Crippen LogP contribution in [0.25, 0.3) is 0 Å². The van der Waals surface area contributed by atoms with Crippen molar-refractivity contribution in [1.82, 2.24) is 9.78 Å². The number of rotatable bonds is 5. The summed E-state index contributed by atoms with van der Waals surface area (Å²) in [5, 5.41) is 4.44. The van der Waals surface area contributed by atoms with E-state index in [0.717, 1.165) is 36.2 Å². The second-order valence-corrected chi connectivity index (χ2v) is 4.32. The molecule has 0 N–H and O–H groups in total. The molecule has 0 aliphatic rings. The molecule has 1 heterocycles. The summed E-state index contributed by atoms with van der Waals surface area (Å²) in [5.74, 6) is 1.07. The molecule has 0 saturated carbocycles. The number of aromatic nitrogens is 2. The van der Waals surface area contributed by atoms with Crippen molar-refractivity contribution < 1.29 is 0 Å². The molecule has 0 spiro atoms. The Hall–Kier alpha value is -0.510. The highest BCUT2D eigenvalue weighted by Crippen LogP contribution is 2.24. The first-order chi connectivity index (χ1) is 6.69. The van der Waals surface area contributed by atoms with E-state index in [1.165, 1.54) is 0 Å². The summed E-state index contributed by atoms with van der Waals surface area (Å²) in [6, 6.07) is 0. The average Bonchev–Trinajstić information content (AvgIpc) is 2.45. The van der Waals surface area contributed by atoms with E-state index < -0.39 is 0 Å². The van der Waals surface area contributed by atoms with Gasteiger partial charge in [0, 0.05) is 26.3 Å². The third-order valence-electron chi connectivity index (χ3n) is 2.05. The summed E-state index contributed by atoms with van der Waals surface area (Å²) in [7, 11) is 1.95. The summed E-state index contributed by atoms with van der Waals surface area (Å²) in [4.78, 5) is 2.32. The quantitative estimate of drug-likeness (QED) is 0.811. The Labute approximate surface area is 94.2 Å². The first-order valence-corrected chi connectivity index (χ1v) is 5.92. The van der Waals surface area contributed by atoms with Crippen LogP contribution in [0.4, 0.5) is 5.82 Å². The van der Waals surface area contributed by atoms with Crippen molar-refractivity contribution in [1.29, 1.82) is 0 Å². The molecule has 0 aliphatic heterocycles. The maximum atomic E-state index is 4.44. The molecule has 80 valence electrons. The average molecular weight is 260 g/mol. The second-order valence-electron chi connectivity index (χ2n) is 3.46. The summed E-state index contributed by atoms with van der Waals surface area (Å²) in [5.41, 5.74) is 0. The third kappa shape index (κ3) is 2.74. The largest absolute Gasteiger partial charge is 0.354 e. The van der Waals surface area contributed by atoms with Gasteiger partial charge in [0.25, 0.3) is 0 Å². The molecule has 0 bridgehead atoms. The molecule has 14 heavy (non-hydrogen) atoms. The number of aryl methyl sites for hydroxylation is 1. The SMILES string of the molecule is CCCN(CCC)c1nn(C)cc1Br. The molecule has 1 aromatic rings. The molecule has 0 aliphatic carbocycles. The Morgan fingerprint density at radius 1 is 1.36 bits per heavy atom. The van der Waals surface area contributed by atoms with Gasteiger partial charge in [-0.25, -0.2) is 0 Å². The highest BCUT2D eigenvalue weighted by molar-refractivity contribution is 9.10. The molecule has 1 rings (SSSR count). The number of halogens is 1. The van der Waals surface area contributed by atoms with Crippen LogP contribution in [-0.2, 0) is 7.05 Å². The normalized spacial score (nSPS) is 10.6. The fourth-order valence-corrected chi connectivity index (χ4v) is 2.15. The van der Waals surface area contributed by atoms with E-state index in [9.17, 15) is 0 Å². The van der Waals surface area contributed by atoms with E-state index in [-0.39, 0.29) is 0 Å². The summed E-state index contributed by atoms with van der Waals surface area (Å²) < 4.78 is 2.93. The number of hydrogen-bond donors (Lipinski definition) is 0. The van der Waals surface area contributed by atoms with Crippen molar-refractivity contribution in [2.45, 2.75) is 26.7 Å². The molecule has 0 radical (unpaired) electrons. The lowest BCUT2D eigenvalue weighted by atomic mass is 10.3. The Bertz CT molecular complexity index is 277. The molecule has 0 fully saturated rings. The number of anilines is 1. The number of nitrogens with zero attached hydrogens (tertiary/aromatic N) is 3. The van der Waals surface area contributed by atoms with Crippen molar-refractivity contribution in [2.75, 3.05) is 18.0 Å². The monoisotopic (exact) mass is 259 g/mol. The third-order valence-corrected chi connectivity index (χ3v) is 2.61. The molecule has 4 heteroatoms. The van der Waals surface area contributed by atoms with Crippen molar-refractivity contribution in [3.63, 3.8) is 0 Å². The van der Waals surface area contributed by atoms with Crippen LogP contribution in [0.1, 0.15) is 26.7 Å². The highest BCUT2D eigenvalue weighted by atomic mass is 79.9. The van der Waals surface area contributed by atoms with Gasteiger partial charge in [0.2, 0.25) is 0 Å². The lowest BCUT2D eigenvalue weighted by molar-refractivity contribution is 0.704. The summed E-state index contributed by atoms with van der Waals surface area (Å²) in [6.07, 6.45) is 4.31. The Balaban J connectivity index is 2.80. The van der Waals surface area contributed by atoms with Crippen molar-refractivity contribution in [3.8, 4) is 0 Å². The zero-order valence-electron chi connectivity index (χ0n) is 9.13. The zero-order valence-corrected chi connectivity index (χ0v) is 10.7. The van der Waals surface area contributed by atoms with Gasteiger partial charge in [0.1, 0.15) is 0 Å².